The molecule has 0 spiro atoms. The Morgan fingerprint density at radius 2 is 2.13 bits per heavy atom. The first-order valence-corrected chi connectivity index (χ1v) is 7.35. The Hall–Kier alpha value is -2.68. The molecule has 0 unspecified atom stereocenters. The number of hydrogen-bond donors (Lipinski definition) is 2. The summed E-state index contributed by atoms with van der Waals surface area (Å²) in [5.41, 5.74) is -0.606. The highest BCUT2D eigenvalue weighted by molar-refractivity contribution is 9.10. The van der Waals surface area contributed by atoms with Crippen molar-refractivity contribution in [3.8, 4) is 5.75 Å². The fraction of sp³-hybridized carbons (Fsp3) is 0.143. The number of benzene rings is 1. The standard InChI is InChI=1S/C14H11BrN4O4/c1-18-11-10(12(22)17-14(18)23)19(13(15)16-11)6-9(21)7-3-2-4-8(20)5-7/h2-5,20H,6H2,1H3,(H,17,22,23). The number of ketones is 1. The molecular formula is C14H11BrN4O4. The number of nitrogens with zero attached hydrogens (tertiary/aromatic N) is 3. The molecule has 0 saturated heterocycles. The van der Waals surface area contributed by atoms with E-state index in [-0.39, 0.29) is 34.0 Å². The largest absolute Gasteiger partial charge is 0.508 e. The molecule has 0 bridgehead atoms. The van der Waals surface area contributed by atoms with Gasteiger partial charge in [0.1, 0.15) is 5.75 Å². The number of rotatable bonds is 3. The third-order valence-electron chi connectivity index (χ3n) is 3.43. The minimum absolute atomic E-state index is 0.0225. The van der Waals surface area contributed by atoms with Crippen LogP contribution in [-0.2, 0) is 13.6 Å². The van der Waals surface area contributed by atoms with E-state index in [1.807, 2.05) is 0 Å². The number of carbonyl (C=O) groups is 1. The van der Waals surface area contributed by atoms with Crippen LogP contribution in [0.4, 0.5) is 0 Å². The van der Waals surface area contributed by atoms with Crippen LogP contribution in [0.2, 0.25) is 0 Å². The van der Waals surface area contributed by atoms with Gasteiger partial charge in [-0.3, -0.25) is 19.1 Å². The third-order valence-corrected chi connectivity index (χ3v) is 4.04. The van der Waals surface area contributed by atoms with E-state index in [1.54, 1.807) is 12.1 Å². The molecular weight excluding hydrogens is 368 g/mol. The van der Waals surface area contributed by atoms with Crippen molar-refractivity contribution in [3.63, 3.8) is 0 Å². The zero-order chi connectivity index (χ0) is 16.7. The van der Waals surface area contributed by atoms with Crippen LogP contribution in [0.25, 0.3) is 11.2 Å². The van der Waals surface area contributed by atoms with E-state index >= 15 is 0 Å². The van der Waals surface area contributed by atoms with Crippen molar-refractivity contribution in [2.75, 3.05) is 0 Å². The minimum Gasteiger partial charge on any atom is -0.508 e. The van der Waals surface area contributed by atoms with Crippen LogP contribution in [0.15, 0.2) is 38.6 Å². The minimum atomic E-state index is -0.620. The molecule has 0 atom stereocenters. The average Bonchev–Trinajstić information content (AvgIpc) is 2.82. The predicted octanol–water partition coefficient (Wildman–Crippen LogP) is 0.774. The number of phenols is 1. The molecule has 3 rings (SSSR count). The fourth-order valence-corrected chi connectivity index (χ4v) is 2.74. The normalized spacial score (nSPS) is 11.0. The number of aromatic hydroxyl groups is 1. The predicted molar refractivity (Wildman–Crippen MR) is 85.7 cm³/mol. The Bertz CT molecular complexity index is 1050. The molecule has 1 aromatic carbocycles. The fourth-order valence-electron chi connectivity index (χ4n) is 2.27. The van der Waals surface area contributed by atoms with Crippen molar-refractivity contribution in [2.45, 2.75) is 6.54 Å². The Labute approximate surface area is 137 Å². The molecule has 2 aromatic heterocycles. The topological polar surface area (TPSA) is 110 Å². The monoisotopic (exact) mass is 378 g/mol. The number of halogens is 1. The summed E-state index contributed by atoms with van der Waals surface area (Å²) in [6, 6.07) is 5.92. The van der Waals surface area contributed by atoms with Crippen molar-refractivity contribution in [1.29, 1.82) is 0 Å². The van der Waals surface area contributed by atoms with Gasteiger partial charge in [0.05, 0.1) is 6.54 Å². The van der Waals surface area contributed by atoms with Gasteiger partial charge in [-0.1, -0.05) is 12.1 Å². The maximum absolute atomic E-state index is 12.4. The summed E-state index contributed by atoms with van der Waals surface area (Å²) in [5, 5.41) is 9.45. The third kappa shape index (κ3) is 2.59. The number of imidazole rings is 1. The molecule has 9 heteroatoms. The first kappa shape index (κ1) is 15.2. The van der Waals surface area contributed by atoms with Gasteiger partial charge >= 0.3 is 5.69 Å². The average molecular weight is 379 g/mol. The lowest BCUT2D eigenvalue weighted by Crippen LogP contribution is -2.29. The summed E-state index contributed by atoms with van der Waals surface area (Å²) >= 11 is 3.20. The van der Waals surface area contributed by atoms with E-state index in [0.29, 0.717) is 5.56 Å². The molecule has 0 aliphatic carbocycles. The van der Waals surface area contributed by atoms with Crippen molar-refractivity contribution in [3.05, 3.63) is 55.4 Å². The second-order valence-electron chi connectivity index (χ2n) is 4.93. The zero-order valence-corrected chi connectivity index (χ0v) is 13.5. The van der Waals surface area contributed by atoms with E-state index in [0.717, 1.165) is 0 Å². The second kappa shape index (κ2) is 5.51. The lowest BCUT2D eigenvalue weighted by molar-refractivity contribution is 0.0972. The Kier molecular flexibility index (Phi) is 3.64. The number of aromatic amines is 1. The maximum Gasteiger partial charge on any atom is 0.329 e. The first-order valence-electron chi connectivity index (χ1n) is 6.55. The van der Waals surface area contributed by atoms with Crippen LogP contribution in [0.3, 0.4) is 0 Å². The number of aryl methyl sites for hydroxylation is 1. The molecule has 118 valence electrons. The molecule has 0 saturated carbocycles. The summed E-state index contributed by atoms with van der Waals surface area (Å²) in [4.78, 5) is 42.3. The van der Waals surface area contributed by atoms with Gasteiger partial charge in [-0.25, -0.2) is 9.78 Å². The number of H-pyrrole nitrogens is 1. The van der Waals surface area contributed by atoms with Gasteiger partial charge < -0.3 is 9.67 Å². The Morgan fingerprint density at radius 3 is 2.83 bits per heavy atom. The summed E-state index contributed by atoms with van der Waals surface area (Å²) in [7, 11) is 1.47. The van der Waals surface area contributed by atoms with Crippen molar-refractivity contribution in [2.24, 2.45) is 7.05 Å². The highest BCUT2D eigenvalue weighted by atomic mass is 79.9. The molecule has 0 aliphatic rings. The summed E-state index contributed by atoms with van der Waals surface area (Å²) < 4.78 is 2.82. The highest BCUT2D eigenvalue weighted by Gasteiger charge is 2.18. The summed E-state index contributed by atoms with van der Waals surface area (Å²) in [5.74, 6) is -0.334. The van der Waals surface area contributed by atoms with Gasteiger partial charge in [-0.15, -0.1) is 0 Å². The molecule has 23 heavy (non-hydrogen) atoms. The summed E-state index contributed by atoms with van der Waals surface area (Å²) in [6.45, 7) is -0.165. The molecule has 0 radical (unpaired) electrons. The van der Waals surface area contributed by atoms with Crippen LogP contribution in [0, 0.1) is 0 Å². The number of hydrogen-bond acceptors (Lipinski definition) is 5. The van der Waals surface area contributed by atoms with Crippen molar-refractivity contribution in [1.82, 2.24) is 19.1 Å². The number of phenolic OH excluding ortho intramolecular Hbond substituents is 1. The Morgan fingerprint density at radius 1 is 1.39 bits per heavy atom. The highest BCUT2D eigenvalue weighted by Crippen LogP contribution is 2.18. The van der Waals surface area contributed by atoms with Gasteiger partial charge in [0.25, 0.3) is 5.56 Å². The van der Waals surface area contributed by atoms with E-state index < -0.39 is 11.2 Å². The molecule has 0 fully saturated rings. The zero-order valence-electron chi connectivity index (χ0n) is 11.9. The van der Waals surface area contributed by atoms with Gasteiger partial charge in [0, 0.05) is 12.6 Å². The molecule has 0 amide bonds. The van der Waals surface area contributed by atoms with E-state index in [1.165, 1.54) is 28.3 Å². The van der Waals surface area contributed by atoms with Crippen LogP contribution in [0.1, 0.15) is 10.4 Å². The van der Waals surface area contributed by atoms with Crippen LogP contribution in [-0.4, -0.2) is 30.0 Å². The van der Waals surface area contributed by atoms with Gasteiger partial charge in [-0.05, 0) is 28.1 Å². The lowest BCUT2D eigenvalue weighted by Gasteiger charge is -2.05. The smallest absolute Gasteiger partial charge is 0.329 e. The van der Waals surface area contributed by atoms with Crippen LogP contribution >= 0.6 is 15.9 Å². The maximum atomic E-state index is 12.4. The Balaban J connectivity index is 2.12. The molecule has 8 nitrogen and oxygen atoms in total. The SMILES string of the molecule is Cn1c(=O)[nH]c(=O)c2c1nc(Br)n2CC(=O)c1cccc(O)c1. The second-order valence-corrected chi connectivity index (χ2v) is 5.64. The van der Waals surface area contributed by atoms with Crippen LogP contribution < -0.4 is 11.2 Å². The van der Waals surface area contributed by atoms with E-state index in [9.17, 15) is 19.5 Å². The first-order chi connectivity index (χ1) is 10.9. The van der Waals surface area contributed by atoms with Gasteiger partial charge in [0.2, 0.25) is 0 Å². The molecule has 3 aromatic rings. The lowest BCUT2D eigenvalue weighted by atomic mass is 10.1. The molecule has 2 N–H and O–H groups in total. The van der Waals surface area contributed by atoms with Crippen molar-refractivity contribution < 1.29 is 9.90 Å². The number of aromatic nitrogens is 4. The van der Waals surface area contributed by atoms with E-state index in [2.05, 4.69) is 25.9 Å². The van der Waals surface area contributed by atoms with E-state index in [4.69, 9.17) is 0 Å². The van der Waals surface area contributed by atoms with Crippen LogP contribution in [0.5, 0.6) is 5.75 Å². The summed E-state index contributed by atoms with van der Waals surface area (Å²) in [6.07, 6.45) is 0. The van der Waals surface area contributed by atoms with Gasteiger partial charge in [0.15, 0.2) is 21.7 Å². The molecule has 0 aliphatic heterocycles. The number of Topliss-reactive ketones (excluding diaryl/α,β-unsaturated/α-hetero) is 1. The quantitative estimate of drug-likeness (QED) is 0.516. The number of fused-ring (bicyclic) bond motifs is 1. The molecule has 2 heterocycles. The van der Waals surface area contributed by atoms with Crippen molar-refractivity contribution >= 4 is 32.9 Å². The number of carbonyl (C=O) groups excluding carboxylic acids is 1. The number of nitrogens with one attached hydrogen (secondary N) is 1. The van der Waals surface area contributed by atoms with Gasteiger partial charge in [-0.2, -0.15) is 0 Å².